The van der Waals surface area contributed by atoms with Gasteiger partial charge in [-0.3, -0.25) is 9.59 Å². The molecule has 0 radical (unpaired) electrons. The second-order valence-electron chi connectivity index (χ2n) is 6.08. The first kappa shape index (κ1) is 16.6. The highest BCUT2D eigenvalue weighted by Crippen LogP contribution is 2.33. The lowest BCUT2D eigenvalue weighted by molar-refractivity contribution is -0.145. The molecule has 1 aliphatic heterocycles. The fraction of sp³-hybridized carbons (Fsp3) is 0.211. The molecule has 3 aromatic rings. The van der Waals surface area contributed by atoms with Crippen LogP contribution < -0.4 is 4.90 Å². The van der Waals surface area contributed by atoms with Crippen molar-refractivity contribution in [3.8, 4) is 11.5 Å². The summed E-state index contributed by atoms with van der Waals surface area (Å²) in [5, 5.41) is 0.551. The number of oxazole rings is 1. The minimum atomic E-state index is -0.445. The van der Waals surface area contributed by atoms with Crippen molar-refractivity contribution in [3.63, 3.8) is 0 Å². The molecule has 0 saturated carbocycles. The third-order valence-corrected chi connectivity index (χ3v) is 4.78. The summed E-state index contributed by atoms with van der Waals surface area (Å²) in [6.07, 6.45) is 0.147. The van der Waals surface area contributed by atoms with Crippen LogP contribution in [0.15, 0.2) is 46.9 Å². The van der Waals surface area contributed by atoms with Gasteiger partial charge >= 0.3 is 5.97 Å². The van der Waals surface area contributed by atoms with Gasteiger partial charge in [-0.15, -0.1) is 0 Å². The molecule has 26 heavy (non-hydrogen) atoms. The van der Waals surface area contributed by atoms with Gasteiger partial charge in [0.1, 0.15) is 5.52 Å². The van der Waals surface area contributed by atoms with Crippen molar-refractivity contribution in [2.75, 3.05) is 18.6 Å². The molecule has 1 atom stereocenters. The van der Waals surface area contributed by atoms with Gasteiger partial charge in [0.15, 0.2) is 5.58 Å². The minimum absolute atomic E-state index is 0.116. The number of hydrogen-bond donors (Lipinski definition) is 0. The van der Waals surface area contributed by atoms with Crippen LogP contribution in [0.1, 0.15) is 6.42 Å². The summed E-state index contributed by atoms with van der Waals surface area (Å²) in [4.78, 5) is 30.0. The van der Waals surface area contributed by atoms with Crippen molar-refractivity contribution in [2.24, 2.45) is 5.92 Å². The quantitative estimate of drug-likeness (QED) is 0.658. The van der Waals surface area contributed by atoms with Crippen molar-refractivity contribution in [1.29, 1.82) is 0 Å². The molecular weight excluding hydrogens is 356 g/mol. The number of esters is 1. The van der Waals surface area contributed by atoms with E-state index < -0.39 is 5.92 Å². The highest BCUT2D eigenvalue weighted by atomic mass is 35.5. The van der Waals surface area contributed by atoms with E-state index in [1.54, 1.807) is 29.2 Å². The Hall–Kier alpha value is -2.86. The van der Waals surface area contributed by atoms with E-state index in [2.05, 4.69) is 4.98 Å². The molecule has 7 heteroatoms. The molecule has 1 fully saturated rings. The molecule has 1 saturated heterocycles. The second kappa shape index (κ2) is 6.46. The fourth-order valence-electron chi connectivity index (χ4n) is 3.12. The van der Waals surface area contributed by atoms with E-state index in [9.17, 15) is 9.59 Å². The largest absolute Gasteiger partial charge is 0.469 e. The first-order chi connectivity index (χ1) is 12.6. The molecule has 0 unspecified atom stereocenters. The molecule has 1 aliphatic rings. The number of carbonyl (C=O) groups is 2. The normalized spacial score (nSPS) is 17.1. The summed E-state index contributed by atoms with van der Waals surface area (Å²) >= 11 is 6.20. The molecular formula is C19H15ClN2O4. The Morgan fingerprint density at radius 1 is 1.31 bits per heavy atom. The predicted molar refractivity (Wildman–Crippen MR) is 96.9 cm³/mol. The highest BCUT2D eigenvalue weighted by molar-refractivity contribution is 6.33. The van der Waals surface area contributed by atoms with Crippen LogP contribution in [0.4, 0.5) is 5.69 Å². The lowest BCUT2D eigenvalue weighted by Gasteiger charge is -2.16. The van der Waals surface area contributed by atoms with Gasteiger partial charge in [0.2, 0.25) is 11.8 Å². The number of aromatic nitrogens is 1. The molecule has 2 aromatic carbocycles. The van der Waals surface area contributed by atoms with Gasteiger partial charge < -0.3 is 14.1 Å². The lowest BCUT2D eigenvalue weighted by Crippen LogP contribution is -2.26. The van der Waals surface area contributed by atoms with Crippen LogP contribution in [0.2, 0.25) is 5.02 Å². The number of halogens is 1. The summed E-state index contributed by atoms with van der Waals surface area (Å²) in [6, 6.07) is 12.6. The number of ether oxygens (including phenoxy) is 1. The van der Waals surface area contributed by atoms with Crippen molar-refractivity contribution < 1.29 is 18.7 Å². The van der Waals surface area contributed by atoms with Gasteiger partial charge in [-0.2, -0.15) is 0 Å². The zero-order valence-electron chi connectivity index (χ0n) is 13.9. The van der Waals surface area contributed by atoms with Gasteiger partial charge in [0, 0.05) is 18.7 Å². The van der Waals surface area contributed by atoms with E-state index in [0.29, 0.717) is 39.8 Å². The van der Waals surface area contributed by atoms with Gasteiger partial charge in [0.25, 0.3) is 0 Å². The van der Waals surface area contributed by atoms with E-state index in [4.69, 9.17) is 20.8 Å². The number of benzene rings is 2. The zero-order valence-corrected chi connectivity index (χ0v) is 14.7. The van der Waals surface area contributed by atoms with Crippen LogP contribution in [0.5, 0.6) is 0 Å². The van der Waals surface area contributed by atoms with E-state index in [1.807, 2.05) is 18.2 Å². The Kier molecular flexibility index (Phi) is 4.12. The van der Waals surface area contributed by atoms with Crippen LogP contribution >= 0.6 is 11.6 Å². The fourth-order valence-corrected chi connectivity index (χ4v) is 3.33. The van der Waals surface area contributed by atoms with Gasteiger partial charge in [-0.25, -0.2) is 4.98 Å². The Morgan fingerprint density at radius 3 is 2.88 bits per heavy atom. The topological polar surface area (TPSA) is 72.6 Å². The Labute approximate surface area is 154 Å². The molecule has 1 amide bonds. The Balaban J connectivity index is 1.67. The zero-order chi connectivity index (χ0) is 18.3. The average molecular weight is 371 g/mol. The first-order valence-electron chi connectivity index (χ1n) is 8.10. The number of fused-ring (bicyclic) bond motifs is 1. The number of methoxy groups -OCH3 is 1. The van der Waals surface area contributed by atoms with Crippen LogP contribution in [0.25, 0.3) is 22.6 Å². The van der Waals surface area contributed by atoms with E-state index in [-0.39, 0.29) is 18.3 Å². The Morgan fingerprint density at radius 2 is 2.12 bits per heavy atom. The third-order valence-electron chi connectivity index (χ3n) is 4.45. The number of nitrogens with zero attached hydrogens (tertiary/aromatic N) is 2. The monoisotopic (exact) mass is 370 g/mol. The summed E-state index contributed by atoms with van der Waals surface area (Å²) < 4.78 is 10.5. The minimum Gasteiger partial charge on any atom is -0.469 e. The van der Waals surface area contributed by atoms with Crippen LogP contribution in [0.3, 0.4) is 0 Å². The molecule has 132 valence electrons. The molecule has 0 N–H and O–H groups in total. The maximum atomic E-state index is 12.3. The Bertz CT molecular complexity index is 1010. The van der Waals surface area contributed by atoms with E-state index >= 15 is 0 Å². The van der Waals surface area contributed by atoms with Gasteiger partial charge in [-0.1, -0.05) is 23.7 Å². The number of hydrogen-bond acceptors (Lipinski definition) is 5. The average Bonchev–Trinajstić information content (AvgIpc) is 3.24. The SMILES string of the molecule is COC(=O)[C@H]1CC(=O)N(c2ccc3oc(-c4ccccc4Cl)nc3c2)C1. The molecule has 1 aromatic heterocycles. The molecule has 6 nitrogen and oxygen atoms in total. The van der Waals surface area contributed by atoms with Gasteiger partial charge in [-0.05, 0) is 30.3 Å². The highest BCUT2D eigenvalue weighted by Gasteiger charge is 2.36. The van der Waals surface area contributed by atoms with E-state index in [0.717, 1.165) is 0 Å². The maximum Gasteiger partial charge on any atom is 0.311 e. The number of amides is 1. The standard InChI is InChI=1S/C19H15ClN2O4/c1-25-19(24)11-8-17(23)22(10-11)12-6-7-16-15(9-12)21-18(26-16)13-4-2-3-5-14(13)20/h2-7,9,11H,8,10H2,1H3/t11-/m0/s1. The van der Waals surface area contributed by atoms with Crippen LogP contribution in [-0.2, 0) is 14.3 Å². The van der Waals surface area contributed by atoms with Gasteiger partial charge in [0.05, 0.1) is 23.6 Å². The molecule has 0 spiro atoms. The van der Waals surface area contributed by atoms with Crippen LogP contribution in [0, 0.1) is 5.92 Å². The smallest absolute Gasteiger partial charge is 0.311 e. The van der Waals surface area contributed by atoms with Crippen molar-refractivity contribution in [2.45, 2.75) is 6.42 Å². The predicted octanol–water partition coefficient (Wildman–Crippen LogP) is 3.67. The summed E-state index contributed by atoms with van der Waals surface area (Å²) in [5.74, 6) is -0.513. The summed E-state index contributed by atoms with van der Waals surface area (Å²) in [7, 11) is 1.33. The molecule has 0 aliphatic carbocycles. The van der Waals surface area contributed by atoms with Crippen molar-refractivity contribution >= 4 is 40.3 Å². The molecule has 4 rings (SSSR count). The maximum absolute atomic E-state index is 12.3. The summed E-state index contributed by atoms with van der Waals surface area (Å²) in [6.45, 7) is 0.298. The first-order valence-corrected chi connectivity index (χ1v) is 8.48. The van der Waals surface area contributed by atoms with Crippen molar-refractivity contribution in [1.82, 2.24) is 4.98 Å². The number of carbonyl (C=O) groups excluding carboxylic acids is 2. The number of anilines is 1. The van der Waals surface area contributed by atoms with Crippen molar-refractivity contribution in [3.05, 3.63) is 47.5 Å². The lowest BCUT2D eigenvalue weighted by atomic mass is 10.1. The number of rotatable bonds is 3. The third kappa shape index (κ3) is 2.82. The summed E-state index contributed by atoms with van der Waals surface area (Å²) in [5.41, 5.74) is 2.59. The van der Waals surface area contributed by atoms with Crippen LogP contribution in [-0.4, -0.2) is 30.5 Å². The second-order valence-corrected chi connectivity index (χ2v) is 6.49. The molecule has 0 bridgehead atoms. The molecule has 2 heterocycles. The van der Waals surface area contributed by atoms with E-state index in [1.165, 1.54) is 7.11 Å².